The molecule has 7 nitrogen and oxygen atoms in total. The first-order valence-electron chi connectivity index (χ1n) is 14.2. The van der Waals surface area contributed by atoms with Gasteiger partial charge in [-0.3, -0.25) is 19.3 Å². The Balaban J connectivity index is 1.53. The van der Waals surface area contributed by atoms with Crippen LogP contribution in [0, 0.1) is 5.92 Å². The van der Waals surface area contributed by atoms with Crippen molar-refractivity contribution in [3.05, 3.63) is 69.7 Å². The van der Waals surface area contributed by atoms with E-state index in [0.29, 0.717) is 42.5 Å². The third kappa shape index (κ3) is 7.77. The summed E-state index contributed by atoms with van der Waals surface area (Å²) in [6.07, 6.45) is 3.71. The molecule has 2 aliphatic rings. The van der Waals surface area contributed by atoms with Gasteiger partial charge in [-0.1, -0.05) is 73.4 Å². The van der Waals surface area contributed by atoms with Crippen LogP contribution in [0.2, 0.25) is 10.0 Å². The van der Waals surface area contributed by atoms with Gasteiger partial charge in [-0.05, 0) is 61.3 Å². The molecule has 2 aromatic rings. The van der Waals surface area contributed by atoms with Crippen LogP contribution in [0.1, 0.15) is 57.6 Å². The van der Waals surface area contributed by atoms with Crippen molar-refractivity contribution in [1.29, 1.82) is 0 Å². The van der Waals surface area contributed by atoms with Crippen molar-refractivity contribution >= 4 is 40.9 Å². The molecule has 2 N–H and O–H groups in total. The van der Waals surface area contributed by atoms with Crippen LogP contribution in [0.3, 0.4) is 0 Å². The number of amides is 3. The smallest absolute Gasteiger partial charge is 0.243 e. The van der Waals surface area contributed by atoms with Crippen molar-refractivity contribution in [1.82, 2.24) is 20.4 Å². The summed E-state index contributed by atoms with van der Waals surface area (Å²) in [5.74, 6) is -0.0613. The van der Waals surface area contributed by atoms with Crippen LogP contribution in [-0.4, -0.2) is 64.8 Å². The van der Waals surface area contributed by atoms with E-state index in [1.165, 1.54) is 12.5 Å². The Bertz CT molecular complexity index is 1190. The zero-order valence-electron chi connectivity index (χ0n) is 23.5. The number of halogens is 2. The van der Waals surface area contributed by atoms with Gasteiger partial charge in [-0.2, -0.15) is 0 Å². The van der Waals surface area contributed by atoms with E-state index < -0.39 is 6.04 Å². The van der Waals surface area contributed by atoms with Crippen molar-refractivity contribution in [2.24, 2.45) is 5.92 Å². The van der Waals surface area contributed by atoms with E-state index in [1.807, 2.05) is 24.3 Å². The van der Waals surface area contributed by atoms with Gasteiger partial charge in [0.15, 0.2) is 0 Å². The summed E-state index contributed by atoms with van der Waals surface area (Å²) in [4.78, 5) is 43.7. The number of nitrogens with zero attached hydrogens (tertiary/aromatic N) is 2. The fourth-order valence-corrected chi connectivity index (χ4v) is 6.35. The molecule has 0 saturated carbocycles. The molecule has 0 bridgehead atoms. The zero-order chi connectivity index (χ0) is 28.8. The molecule has 40 heavy (non-hydrogen) atoms. The van der Waals surface area contributed by atoms with E-state index in [1.54, 1.807) is 17.0 Å². The van der Waals surface area contributed by atoms with E-state index >= 15 is 0 Å². The van der Waals surface area contributed by atoms with Gasteiger partial charge in [-0.25, -0.2) is 0 Å². The summed E-state index contributed by atoms with van der Waals surface area (Å²) in [6, 6.07) is 14.8. The van der Waals surface area contributed by atoms with Crippen LogP contribution in [0.15, 0.2) is 48.5 Å². The normalized spacial score (nSPS) is 22.1. The maximum absolute atomic E-state index is 14.1. The lowest BCUT2D eigenvalue weighted by atomic mass is 9.99. The highest BCUT2D eigenvalue weighted by atomic mass is 35.5. The molecule has 2 unspecified atom stereocenters. The average molecular weight is 588 g/mol. The molecule has 4 atom stereocenters. The van der Waals surface area contributed by atoms with Gasteiger partial charge in [0.05, 0.1) is 16.1 Å². The maximum atomic E-state index is 14.1. The number of hydrogen-bond acceptors (Lipinski definition) is 4. The molecule has 4 rings (SSSR count). The highest BCUT2D eigenvalue weighted by Crippen LogP contribution is 2.31. The number of carbonyl (C=O) groups is 3. The Hall–Kier alpha value is -2.61. The minimum Gasteiger partial charge on any atom is -0.352 e. The highest BCUT2D eigenvalue weighted by molar-refractivity contribution is 6.42. The molecule has 9 heteroatoms. The zero-order valence-corrected chi connectivity index (χ0v) is 25.0. The van der Waals surface area contributed by atoms with E-state index in [9.17, 15) is 14.4 Å². The fraction of sp³-hybridized carbons (Fsp3) is 0.516. The van der Waals surface area contributed by atoms with Crippen molar-refractivity contribution in [3.8, 4) is 0 Å². The summed E-state index contributed by atoms with van der Waals surface area (Å²) in [5, 5.41) is 6.96. The third-order valence-corrected chi connectivity index (χ3v) is 8.66. The Kier molecular flexibility index (Phi) is 10.5. The fourth-order valence-electron chi connectivity index (χ4n) is 6.03. The first-order chi connectivity index (χ1) is 19.1. The molecule has 0 aromatic heterocycles. The SMILES string of the molecule is CC(=O)N[C@@H]1CC2C(=O)N([C@H](CC(C)C)C(=O)NCc3ccc(Cl)c(Cl)c3)CCC(CCc3ccccc3)N2C1. The number of carbonyl (C=O) groups excluding carboxylic acids is 3. The van der Waals surface area contributed by atoms with Crippen LogP contribution < -0.4 is 10.6 Å². The van der Waals surface area contributed by atoms with Crippen LogP contribution in [-0.2, 0) is 27.3 Å². The standard InChI is InChI=1S/C31H40Cl2N4O3/c1-20(2)15-28(30(39)34-18-23-10-12-26(32)27(33)16-23)36-14-13-25(11-9-22-7-5-4-6-8-22)37-19-24(35-21(3)38)17-29(37)31(36)40/h4-8,10,12,16,20,24-25,28-29H,9,11,13-15,17-19H2,1-3H3,(H,34,39)(H,35,38)/t24-,25?,28-,29?/m1/s1. The number of aryl methyl sites for hydroxylation is 1. The molecular weight excluding hydrogens is 547 g/mol. The molecule has 2 saturated heterocycles. The van der Waals surface area contributed by atoms with Crippen molar-refractivity contribution in [3.63, 3.8) is 0 Å². The number of fused-ring (bicyclic) bond motifs is 1. The van der Waals surface area contributed by atoms with E-state index in [2.05, 4.69) is 41.5 Å². The minimum absolute atomic E-state index is 0.0228. The minimum atomic E-state index is -0.579. The van der Waals surface area contributed by atoms with Gasteiger partial charge < -0.3 is 15.5 Å². The summed E-state index contributed by atoms with van der Waals surface area (Å²) < 4.78 is 0. The molecule has 2 aliphatic heterocycles. The van der Waals surface area contributed by atoms with Gasteiger partial charge in [0.1, 0.15) is 6.04 Å². The van der Waals surface area contributed by atoms with E-state index in [-0.39, 0.29) is 41.8 Å². The summed E-state index contributed by atoms with van der Waals surface area (Å²) in [5.41, 5.74) is 2.11. The lowest BCUT2D eigenvalue weighted by Crippen LogP contribution is -2.53. The summed E-state index contributed by atoms with van der Waals surface area (Å²) >= 11 is 12.2. The Morgan fingerprint density at radius 2 is 1.80 bits per heavy atom. The van der Waals surface area contributed by atoms with Crippen LogP contribution in [0.5, 0.6) is 0 Å². The molecule has 2 fully saturated rings. The monoisotopic (exact) mass is 586 g/mol. The van der Waals surface area contributed by atoms with Crippen LogP contribution in [0.4, 0.5) is 0 Å². The number of nitrogens with one attached hydrogen (secondary N) is 2. The first kappa shape index (κ1) is 30.4. The van der Waals surface area contributed by atoms with Crippen LogP contribution in [0.25, 0.3) is 0 Å². The first-order valence-corrected chi connectivity index (χ1v) is 15.0. The Morgan fingerprint density at radius 1 is 1.05 bits per heavy atom. The number of benzene rings is 2. The number of rotatable bonds is 10. The maximum Gasteiger partial charge on any atom is 0.243 e. The van der Waals surface area contributed by atoms with Crippen molar-refractivity contribution in [2.75, 3.05) is 13.1 Å². The van der Waals surface area contributed by atoms with Gasteiger partial charge in [0.2, 0.25) is 17.7 Å². The van der Waals surface area contributed by atoms with Gasteiger partial charge in [0, 0.05) is 38.6 Å². The molecule has 2 heterocycles. The molecular formula is C31H40Cl2N4O3. The second kappa shape index (κ2) is 13.8. The van der Waals surface area contributed by atoms with Gasteiger partial charge in [0.25, 0.3) is 0 Å². The molecule has 2 aromatic carbocycles. The van der Waals surface area contributed by atoms with E-state index in [4.69, 9.17) is 23.2 Å². The van der Waals surface area contributed by atoms with Gasteiger partial charge in [-0.15, -0.1) is 0 Å². The lowest BCUT2D eigenvalue weighted by Gasteiger charge is -2.33. The summed E-state index contributed by atoms with van der Waals surface area (Å²) in [7, 11) is 0. The predicted octanol–water partition coefficient (Wildman–Crippen LogP) is 4.84. The van der Waals surface area contributed by atoms with Crippen LogP contribution >= 0.6 is 23.2 Å². The molecule has 0 radical (unpaired) electrons. The molecule has 0 aliphatic carbocycles. The topological polar surface area (TPSA) is 81.8 Å². The number of hydrogen-bond donors (Lipinski definition) is 2. The Labute approximate surface area is 247 Å². The second-order valence-electron chi connectivity index (χ2n) is 11.5. The predicted molar refractivity (Wildman–Crippen MR) is 159 cm³/mol. The molecule has 3 amide bonds. The Morgan fingerprint density at radius 3 is 2.48 bits per heavy atom. The molecule has 0 spiro atoms. The third-order valence-electron chi connectivity index (χ3n) is 7.92. The van der Waals surface area contributed by atoms with E-state index in [0.717, 1.165) is 24.8 Å². The largest absolute Gasteiger partial charge is 0.352 e. The van der Waals surface area contributed by atoms with Crippen molar-refractivity contribution in [2.45, 2.75) is 83.6 Å². The quantitative estimate of drug-likeness (QED) is 0.417. The summed E-state index contributed by atoms with van der Waals surface area (Å²) in [6.45, 7) is 7.11. The average Bonchev–Trinajstić information content (AvgIpc) is 3.28. The second-order valence-corrected chi connectivity index (χ2v) is 12.3. The van der Waals surface area contributed by atoms with Gasteiger partial charge >= 0.3 is 0 Å². The van der Waals surface area contributed by atoms with Crippen molar-refractivity contribution < 1.29 is 14.4 Å². The highest BCUT2D eigenvalue weighted by Gasteiger charge is 2.46. The lowest BCUT2D eigenvalue weighted by molar-refractivity contribution is -0.143. The molecule has 216 valence electrons.